The van der Waals surface area contributed by atoms with Crippen molar-refractivity contribution in [2.45, 2.75) is 20.3 Å². The molecule has 1 aromatic carbocycles. The molecule has 2 amide bonds. The summed E-state index contributed by atoms with van der Waals surface area (Å²) in [7, 11) is 0. The summed E-state index contributed by atoms with van der Waals surface area (Å²) >= 11 is 5.02. The lowest BCUT2D eigenvalue weighted by molar-refractivity contribution is -0.127. The van der Waals surface area contributed by atoms with Crippen LogP contribution in [0.25, 0.3) is 0 Å². The van der Waals surface area contributed by atoms with Gasteiger partial charge in [0.05, 0.1) is 5.69 Å². The van der Waals surface area contributed by atoms with E-state index in [0.717, 1.165) is 11.1 Å². The molecule has 0 atom stereocenters. The third-order valence-corrected chi connectivity index (χ3v) is 2.76. The number of nitrogens with one attached hydrogen (secondary N) is 1. The van der Waals surface area contributed by atoms with Crippen molar-refractivity contribution in [2.24, 2.45) is 0 Å². The number of carbonyl (C=O) groups excluding carboxylic acids is 2. The predicted octanol–water partition coefficient (Wildman–Crippen LogP) is 1.44. The highest BCUT2D eigenvalue weighted by Gasteiger charge is 2.29. The van der Waals surface area contributed by atoms with Crippen LogP contribution in [0.5, 0.6) is 0 Å². The smallest absolute Gasteiger partial charge is 0.242 e. The molecule has 0 aliphatic carbocycles. The lowest BCUT2D eigenvalue weighted by Gasteiger charge is -2.27. The van der Waals surface area contributed by atoms with Crippen LogP contribution in [0.4, 0.5) is 5.69 Å². The highest BCUT2D eigenvalue weighted by atomic mass is 32.1. The SMILES string of the molecule is Cc1cc(C)cc(N2C(=O)CC(=O)NC2=S)c1. The molecule has 17 heavy (non-hydrogen) atoms. The first-order valence-corrected chi connectivity index (χ1v) is 5.63. The van der Waals surface area contributed by atoms with E-state index in [1.807, 2.05) is 32.0 Å². The van der Waals surface area contributed by atoms with Crippen molar-refractivity contribution in [2.75, 3.05) is 4.90 Å². The Kier molecular flexibility index (Phi) is 2.93. The van der Waals surface area contributed by atoms with Crippen molar-refractivity contribution in [3.8, 4) is 0 Å². The Morgan fingerprint density at radius 2 is 1.76 bits per heavy atom. The Bertz CT molecular complexity index is 485. The number of hydrogen-bond acceptors (Lipinski definition) is 3. The molecule has 2 rings (SSSR count). The second-order valence-corrected chi connectivity index (χ2v) is 4.49. The average molecular weight is 248 g/mol. The van der Waals surface area contributed by atoms with E-state index in [0.29, 0.717) is 5.69 Å². The molecule has 0 aromatic heterocycles. The minimum Gasteiger partial charge on any atom is -0.302 e. The molecular formula is C12H12N2O2S. The average Bonchev–Trinajstić information content (AvgIpc) is 2.13. The summed E-state index contributed by atoms with van der Waals surface area (Å²) < 4.78 is 0. The van der Waals surface area contributed by atoms with Crippen molar-refractivity contribution in [3.05, 3.63) is 29.3 Å². The maximum absolute atomic E-state index is 11.8. The van der Waals surface area contributed by atoms with Gasteiger partial charge in [0, 0.05) is 0 Å². The van der Waals surface area contributed by atoms with E-state index in [4.69, 9.17) is 12.2 Å². The van der Waals surface area contributed by atoms with Crippen LogP contribution in [0.2, 0.25) is 0 Å². The third kappa shape index (κ3) is 2.34. The molecule has 0 radical (unpaired) electrons. The van der Waals surface area contributed by atoms with Gasteiger partial charge in [-0.2, -0.15) is 0 Å². The van der Waals surface area contributed by atoms with Gasteiger partial charge in [0.1, 0.15) is 6.42 Å². The van der Waals surface area contributed by atoms with Gasteiger partial charge in [-0.05, 0) is 49.3 Å². The van der Waals surface area contributed by atoms with Crippen molar-refractivity contribution in [3.63, 3.8) is 0 Å². The van der Waals surface area contributed by atoms with Gasteiger partial charge in [0.25, 0.3) is 0 Å². The molecule has 4 nitrogen and oxygen atoms in total. The molecule has 1 saturated heterocycles. The van der Waals surface area contributed by atoms with Crippen molar-refractivity contribution >= 4 is 34.8 Å². The Hall–Kier alpha value is -1.75. The maximum atomic E-state index is 11.8. The molecule has 0 saturated carbocycles. The lowest BCUT2D eigenvalue weighted by Crippen LogP contribution is -2.52. The van der Waals surface area contributed by atoms with Crippen molar-refractivity contribution in [1.29, 1.82) is 0 Å². The van der Waals surface area contributed by atoms with Crippen LogP contribution in [0, 0.1) is 13.8 Å². The molecule has 1 heterocycles. The molecule has 0 bridgehead atoms. The maximum Gasteiger partial charge on any atom is 0.242 e. The van der Waals surface area contributed by atoms with Crippen LogP contribution in [0.1, 0.15) is 17.5 Å². The van der Waals surface area contributed by atoms with Crippen LogP contribution in [-0.4, -0.2) is 16.9 Å². The second-order valence-electron chi connectivity index (χ2n) is 4.11. The molecule has 1 aliphatic rings. The standard InChI is InChI=1S/C12H12N2O2S/c1-7-3-8(2)5-9(4-7)14-11(16)6-10(15)13-12(14)17/h3-5H,6H2,1-2H3,(H,13,15,17). The van der Waals surface area contributed by atoms with Gasteiger partial charge in [0.15, 0.2) is 5.11 Å². The van der Waals surface area contributed by atoms with Gasteiger partial charge >= 0.3 is 0 Å². The number of carbonyl (C=O) groups is 2. The van der Waals surface area contributed by atoms with Crippen LogP contribution < -0.4 is 10.2 Å². The summed E-state index contributed by atoms with van der Waals surface area (Å²) in [4.78, 5) is 24.3. The lowest BCUT2D eigenvalue weighted by atomic mass is 10.1. The Morgan fingerprint density at radius 3 is 2.29 bits per heavy atom. The summed E-state index contributed by atoms with van der Waals surface area (Å²) in [6.45, 7) is 3.90. The number of nitrogens with zero attached hydrogens (tertiary/aromatic N) is 1. The van der Waals surface area contributed by atoms with Crippen LogP contribution in [-0.2, 0) is 9.59 Å². The number of hydrogen-bond donors (Lipinski definition) is 1. The predicted molar refractivity (Wildman–Crippen MR) is 68.8 cm³/mol. The first kappa shape index (κ1) is 11.7. The van der Waals surface area contributed by atoms with E-state index in [1.54, 1.807) is 0 Å². The number of rotatable bonds is 1. The molecule has 1 N–H and O–H groups in total. The molecule has 5 heteroatoms. The largest absolute Gasteiger partial charge is 0.302 e. The first-order valence-electron chi connectivity index (χ1n) is 5.22. The van der Waals surface area contributed by atoms with Gasteiger partial charge in [0.2, 0.25) is 11.8 Å². The molecule has 1 fully saturated rings. The Morgan fingerprint density at radius 1 is 1.18 bits per heavy atom. The Labute approximate surface area is 105 Å². The Balaban J connectivity index is 2.41. The van der Waals surface area contributed by atoms with Crippen LogP contribution in [0.15, 0.2) is 18.2 Å². The highest BCUT2D eigenvalue weighted by molar-refractivity contribution is 7.80. The molecule has 0 spiro atoms. The van der Waals surface area contributed by atoms with Gasteiger partial charge in [-0.1, -0.05) is 6.07 Å². The molecule has 0 unspecified atom stereocenters. The van der Waals surface area contributed by atoms with E-state index >= 15 is 0 Å². The van der Waals surface area contributed by atoms with E-state index in [-0.39, 0.29) is 23.3 Å². The molecule has 1 aromatic rings. The van der Waals surface area contributed by atoms with Crippen molar-refractivity contribution in [1.82, 2.24) is 5.32 Å². The zero-order chi connectivity index (χ0) is 12.6. The fourth-order valence-corrected chi connectivity index (χ4v) is 2.21. The summed E-state index contributed by atoms with van der Waals surface area (Å²) in [6.07, 6.45) is -0.160. The van der Waals surface area contributed by atoms with Crippen LogP contribution >= 0.6 is 12.2 Å². The zero-order valence-corrected chi connectivity index (χ0v) is 10.4. The van der Waals surface area contributed by atoms with Gasteiger partial charge in [-0.15, -0.1) is 0 Å². The summed E-state index contributed by atoms with van der Waals surface area (Å²) in [6, 6.07) is 5.75. The minimum atomic E-state index is -0.347. The molecule has 88 valence electrons. The van der Waals surface area contributed by atoms with Crippen LogP contribution in [0.3, 0.4) is 0 Å². The van der Waals surface area contributed by atoms with Gasteiger partial charge < -0.3 is 5.32 Å². The number of amides is 2. The quantitative estimate of drug-likeness (QED) is 0.604. The highest BCUT2D eigenvalue weighted by Crippen LogP contribution is 2.21. The van der Waals surface area contributed by atoms with Crippen molar-refractivity contribution < 1.29 is 9.59 Å². The first-order chi connectivity index (χ1) is 7.97. The zero-order valence-electron chi connectivity index (χ0n) is 9.61. The normalized spacial score (nSPS) is 16.1. The third-order valence-electron chi connectivity index (χ3n) is 2.48. The van der Waals surface area contributed by atoms with E-state index < -0.39 is 0 Å². The topological polar surface area (TPSA) is 49.4 Å². The van der Waals surface area contributed by atoms with Gasteiger partial charge in [-0.3, -0.25) is 14.5 Å². The molecular weight excluding hydrogens is 236 g/mol. The summed E-state index contributed by atoms with van der Waals surface area (Å²) in [5.74, 6) is -0.635. The second kappa shape index (κ2) is 4.25. The van der Waals surface area contributed by atoms with E-state index in [2.05, 4.69) is 5.32 Å². The summed E-state index contributed by atoms with van der Waals surface area (Å²) in [5.41, 5.74) is 2.80. The number of aryl methyl sites for hydroxylation is 2. The number of benzene rings is 1. The van der Waals surface area contributed by atoms with Gasteiger partial charge in [-0.25, -0.2) is 0 Å². The van der Waals surface area contributed by atoms with E-state index in [1.165, 1.54) is 4.90 Å². The minimum absolute atomic E-state index is 0.149. The number of thiocarbonyl (C=S) groups is 1. The fraction of sp³-hybridized carbons (Fsp3) is 0.250. The van der Waals surface area contributed by atoms with E-state index in [9.17, 15) is 9.59 Å². The fourth-order valence-electron chi connectivity index (χ4n) is 1.89. The number of anilines is 1. The molecule has 1 aliphatic heterocycles. The summed E-state index contributed by atoms with van der Waals surface area (Å²) in [5, 5.41) is 2.64. The monoisotopic (exact) mass is 248 g/mol.